The summed E-state index contributed by atoms with van der Waals surface area (Å²) in [4.78, 5) is 164. The average Bonchev–Trinajstić information content (AvgIpc) is 3.55. The van der Waals surface area contributed by atoms with Crippen molar-refractivity contribution in [1.82, 2.24) is 58.5 Å². The van der Waals surface area contributed by atoms with Gasteiger partial charge in [-0.15, -0.1) is 0 Å². The van der Waals surface area contributed by atoms with Crippen molar-refractivity contribution in [3.05, 3.63) is 35.9 Å². The molecular formula is C56H93N13O15. The highest BCUT2D eigenvalue weighted by molar-refractivity contribution is 5.99. The Morgan fingerprint density at radius 2 is 1.12 bits per heavy atom. The van der Waals surface area contributed by atoms with Crippen LogP contribution in [0, 0.1) is 23.7 Å². The van der Waals surface area contributed by atoms with Crippen LogP contribution >= 0.6 is 0 Å². The second-order valence-corrected chi connectivity index (χ2v) is 21.8. The van der Waals surface area contributed by atoms with E-state index in [1.165, 1.54) is 13.8 Å². The number of primary amides is 1. The van der Waals surface area contributed by atoms with Gasteiger partial charge >= 0.3 is 5.97 Å². The first-order valence-corrected chi connectivity index (χ1v) is 28.8. The van der Waals surface area contributed by atoms with Crippen LogP contribution in [0.3, 0.4) is 0 Å². The molecule has 0 aliphatic carbocycles. The fourth-order valence-electron chi connectivity index (χ4n) is 8.76. The van der Waals surface area contributed by atoms with Crippen LogP contribution in [0.15, 0.2) is 30.3 Å². The molecule has 0 bridgehead atoms. The number of ether oxygens (including phenoxy) is 1. The van der Waals surface area contributed by atoms with Crippen molar-refractivity contribution in [3.63, 3.8) is 0 Å². The lowest BCUT2D eigenvalue weighted by molar-refractivity contribution is -0.157. The zero-order chi connectivity index (χ0) is 63.5. The van der Waals surface area contributed by atoms with E-state index in [1.807, 2.05) is 30.3 Å². The number of nitrogens with one attached hydrogen (secondary N) is 11. The van der Waals surface area contributed by atoms with Gasteiger partial charge in [0.15, 0.2) is 0 Å². The molecule has 28 nitrogen and oxygen atoms in total. The third kappa shape index (κ3) is 22.7. The zero-order valence-corrected chi connectivity index (χ0v) is 50.3. The summed E-state index contributed by atoms with van der Waals surface area (Å²) in [5.74, 6) is -13.1. The van der Waals surface area contributed by atoms with Crippen molar-refractivity contribution in [3.8, 4) is 0 Å². The zero-order valence-electron chi connectivity index (χ0n) is 50.3. The van der Waals surface area contributed by atoms with E-state index in [0.29, 0.717) is 25.7 Å². The maximum absolute atomic E-state index is 14.2. The number of hydrogen-bond acceptors (Lipinski definition) is 17. The standard InChI is InChI=1S/C56H93N13O15/c1-12-29(6)42(66-49(76)37(59-11)25-34-19-16-15-17-20-34)53(80)63-38(26-70)50(77)62-36(22-23-40(58)72)48(75)65-41(28(4)5)52(79)67-43(30(7)13-2)54(81)64-39(27-71)51(78)69-45-33(10)84-56(83)44(31(8)14-3)68-47(74)35(21-18-24-57)61-46(73)32(9)60-55(45)82/h15-17,19-20,28-33,35-39,41-45,59,70-71H,12-14,18,21-27,57H2,1-11H3,(H2,58,72)(H,60,82)(H,61,73)(H,62,77)(H,63,80)(H,64,81)(H,65,75)(H,66,76)(H,67,79)(H,68,74)(H,69,78)/t29-,30-,31-,32-,33-,35?,36+,37+,38-,39-,41+,42-,43-,44-,45+/m0/s1. The van der Waals surface area contributed by atoms with Crippen molar-refractivity contribution >= 4 is 70.9 Å². The number of aliphatic hydroxyl groups is 2. The molecule has 1 heterocycles. The molecule has 0 saturated carbocycles. The number of esters is 1. The SMILES string of the molecule is CC[C@H](C)[C@H](NC(=O)[C@@H](Cc1ccccc1)NC)C(=O)N[C@@H](CO)C(=O)N[C@H](CCC(N)=O)C(=O)N[C@@H](C(=O)N[C@H](C(=O)N[C@@H](CO)C(=O)N[C@H]1C(=O)N[C@@H](C)C(=O)NC(CCCN)C(=O)N[C@@H]([C@@H](C)CC)C(=O)O[C@H]1C)[C@@H](C)CC)C(C)C. The third-order valence-electron chi connectivity index (χ3n) is 14.9. The van der Waals surface area contributed by atoms with Crippen LogP contribution in [0.1, 0.15) is 120 Å². The average molecular weight is 1190 g/mol. The number of likely N-dealkylation sites (N-methyl/N-ethyl adjacent to an activating group) is 1. The molecule has 1 unspecified atom stereocenters. The largest absolute Gasteiger partial charge is 0.458 e. The Labute approximate surface area is 491 Å². The quantitative estimate of drug-likeness (QED) is 0.0310. The minimum atomic E-state index is -1.81. The van der Waals surface area contributed by atoms with Crippen molar-refractivity contribution in [2.24, 2.45) is 35.1 Å². The molecule has 84 heavy (non-hydrogen) atoms. The molecule has 17 N–H and O–H groups in total. The molecule has 1 fully saturated rings. The second-order valence-electron chi connectivity index (χ2n) is 21.8. The van der Waals surface area contributed by atoms with Crippen LogP contribution in [0.25, 0.3) is 0 Å². The maximum atomic E-state index is 14.2. The smallest absolute Gasteiger partial charge is 0.329 e. The Hall–Kier alpha value is -7.30. The van der Waals surface area contributed by atoms with Gasteiger partial charge in [0.2, 0.25) is 65.0 Å². The number of carbonyl (C=O) groups is 12. The minimum absolute atomic E-state index is 0.107. The van der Waals surface area contributed by atoms with Gasteiger partial charge in [-0.2, -0.15) is 0 Å². The van der Waals surface area contributed by atoms with Gasteiger partial charge in [-0.05, 0) is 82.4 Å². The van der Waals surface area contributed by atoms with Crippen LogP contribution in [0.2, 0.25) is 0 Å². The predicted molar refractivity (Wildman–Crippen MR) is 308 cm³/mol. The van der Waals surface area contributed by atoms with Gasteiger partial charge in [0.25, 0.3) is 0 Å². The fraction of sp³-hybridized carbons (Fsp3) is 0.679. The Morgan fingerprint density at radius 1 is 0.619 bits per heavy atom. The Kier molecular flexibility index (Phi) is 31.6. The van der Waals surface area contributed by atoms with E-state index < -0.39 is 193 Å². The molecule has 28 heteroatoms. The highest BCUT2D eigenvalue weighted by Crippen LogP contribution is 2.17. The molecule has 15 atom stereocenters. The topological polar surface area (TPSA) is 439 Å². The molecule has 0 spiro atoms. The molecule has 472 valence electrons. The van der Waals surface area contributed by atoms with Gasteiger partial charge < -0.3 is 84.9 Å². The van der Waals surface area contributed by atoms with Crippen molar-refractivity contribution in [2.45, 2.75) is 193 Å². The van der Waals surface area contributed by atoms with Crippen molar-refractivity contribution < 1.29 is 72.5 Å². The molecule has 1 aromatic rings. The number of aliphatic hydroxyl groups excluding tert-OH is 2. The van der Waals surface area contributed by atoms with E-state index >= 15 is 0 Å². The first kappa shape index (κ1) is 72.8. The number of benzene rings is 1. The van der Waals surface area contributed by atoms with Crippen LogP contribution < -0.4 is 70.0 Å². The lowest BCUT2D eigenvalue weighted by atomic mass is 9.96. The normalized spacial score (nSPS) is 21.2. The molecule has 1 aliphatic heterocycles. The van der Waals surface area contributed by atoms with Crippen LogP contribution in [-0.2, 0) is 68.7 Å². The summed E-state index contributed by atoms with van der Waals surface area (Å²) in [5, 5.41) is 49.0. The molecule has 0 aromatic heterocycles. The maximum Gasteiger partial charge on any atom is 0.329 e. The Bertz CT molecular complexity index is 2400. The molecule has 0 radical (unpaired) electrons. The summed E-state index contributed by atoms with van der Waals surface area (Å²) in [6, 6.07) is -6.15. The molecular weight excluding hydrogens is 1090 g/mol. The summed E-state index contributed by atoms with van der Waals surface area (Å²) < 4.78 is 5.68. The minimum Gasteiger partial charge on any atom is -0.458 e. The van der Waals surface area contributed by atoms with Gasteiger partial charge in [-0.25, -0.2) is 4.79 Å². The summed E-state index contributed by atoms with van der Waals surface area (Å²) >= 11 is 0. The van der Waals surface area contributed by atoms with E-state index in [-0.39, 0.29) is 19.4 Å². The first-order valence-electron chi connectivity index (χ1n) is 28.8. The van der Waals surface area contributed by atoms with Gasteiger partial charge in [-0.3, -0.25) is 52.7 Å². The molecule has 2 rings (SSSR count). The number of amides is 11. The van der Waals surface area contributed by atoms with Gasteiger partial charge in [-0.1, -0.05) is 105 Å². The van der Waals surface area contributed by atoms with E-state index in [0.717, 1.165) is 5.56 Å². The lowest BCUT2D eigenvalue weighted by Crippen LogP contribution is -2.63. The predicted octanol–water partition coefficient (Wildman–Crippen LogP) is -3.59. The summed E-state index contributed by atoms with van der Waals surface area (Å²) in [6.45, 7) is 14.1. The van der Waals surface area contributed by atoms with E-state index in [9.17, 15) is 67.7 Å². The van der Waals surface area contributed by atoms with Crippen LogP contribution in [-0.4, -0.2) is 181 Å². The van der Waals surface area contributed by atoms with Gasteiger partial charge in [0, 0.05) is 6.42 Å². The number of rotatable bonds is 32. The number of hydrogen-bond donors (Lipinski definition) is 15. The second kappa shape index (κ2) is 36.4. The monoisotopic (exact) mass is 1190 g/mol. The molecule has 11 amide bonds. The molecule has 1 aromatic carbocycles. The van der Waals surface area contributed by atoms with Crippen LogP contribution in [0.5, 0.6) is 0 Å². The Morgan fingerprint density at radius 3 is 1.62 bits per heavy atom. The number of carbonyl (C=O) groups excluding carboxylic acids is 12. The summed E-state index contributed by atoms with van der Waals surface area (Å²) in [7, 11) is 1.60. The highest BCUT2D eigenvalue weighted by Gasteiger charge is 2.41. The van der Waals surface area contributed by atoms with Crippen molar-refractivity contribution in [2.75, 3.05) is 26.8 Å². The van der Waals surface area contributed by atoms with Crippen molar-refractivity contribution in [1.29, 1.82) is 0 Å². The first-order chi connectivity index (χ1) is 39.6. The molecule has 1 aliphatic rings. The van der Waals surface area contributed by atoms with Crippen LogP contribution in [0.4, 0.5) is 0 Å². The Balaban J connectivity index is 2.37. The summed E-state index contributed by atoms with van der Waals surface area (Å²) in [6.07, 6.45) is -0.516. The third-order valence-corrected chi connectivity index (χ3v) is 14.9. The van der Waals surface area contributed by atoms with E-state index in [4.69, 9.17) is 16.2 Å². The number of cyclic esters (lactones) is 1. The van der Waals surface area contributed by atoms with Gasteiger partial charge in [0.05, 0.1) is 19.3 Å². The lowest BCUT2D eigenvalue weighted by Gasteiger charge is -2.31. The van der Waals surface area contributed by atoms with Gasteiger partial charge in [0.1, 0.15) is 66.5 Å². The number of nitrogens with two attached hydrogens (primary N) is 2. The highest BCUT2D eigenvalue weighted by atomic mass is 16.5. The molecule has 1 saturated heterocycles. The van der Waals surface area contributed by atoms with E-state index in [1.54, 1.807) is 62.4 Å². The fourth-order valence-corrected chi connectivity index (χ4v) is 8.76. The summed E-state index contributed by atoms with van der Waals surface area (Å²) in [5.41, 5.74) is 11.9. The van der Waals surface area contributed by atoms with E-state index in [2.05, 4.69) is 58.5 Å².